The number of esters is 1. The molecule has 0 aliphatic rings. The van der Waals surface area contributed by atoms with Crippen LogP contribution in [-0.2, 0) is 25.9 Å². The number of rotatable bonds is 10. The van der Waals surface area contributed by atoms with Crippen LogP contribution in [0.4, 0.5) is 4.39 Å². The lowest BCUT2D eigenvalue weighted by Crippen LogP contribution is -2.42. The third-order valence-electron chi connectivity index (χ3n) is 5.19. The maximum absolute atomic E-state index is 13.5. The van der Waals surface area contributed by atoms with Gasteiger partial charge >= 0.3 is 5.97 Å². The molecule has 0 unspecified atom stereocenters. The van der Waals surface area contributed by atoms with Gasteiger partial charge in [0.15, 0.2) is 0 Å². The molecule has 1 heterocycles. The fourth-order valence-corrected chi connectivity index (χ4v) is 4.06. The molecule has 1 amide bonds. The zero-order chi connectivity index (χ0) is 25.4. The molecule has 10 heteroatoms. The third kappa shape index (κ3) is 7.89. The van der Waals surface area contributed by atoms with Crippen LogP contribution in [0, 0.1) is 5.82 Å². The molecule has 0 radical (unpaired) electrons. The first-order valence-electron chi connectivity index (χ1n) is 10.7. The molecule has 0 aliphatic carbocycles. The highest BCUT2D eigenvalue weighted by molar-refractivity contribution is 7.90. The number of ether oxygens (including phenoxy) is 1. The number of benzene rings is 2. The highest BCUT2D eigenvalue weighted by Gasteiger charge is 2.23. The van der Waals surface area contributed by atoms with Crippen LogP contribution in [0.3, 0.4) is 0 Å². The minimum atomic E-state index is -3.33. The summed E-state index contributed by atoms with van der Waals surface area (Å²) in [6, 6.07) is 11.8. The van der Waals surface area contributed by atoms with Crippen molar-refractivity contribution in [3.63, 3.8) is 0 Å². The Morgan fingerprint density at radius 2 is 1.91 bits per heavy atom. The molecule has 35 heavy (non-hydrogen) atoms. The van der Waals surface area contributed by atoms with Gasteiger partial charge in [-0.05, 0) is 53.5 Å². The van der Waals surface area contributed by atoms with Gasteiger partial charge in [-0.1, -0.05) is 24.3 Å². The number of halogens is 1. The van der Waals surface area contributed by atoms with Gasteiger partial charge in [-0.2, -0.15) is 0 Å². The highest BCUT2D eigenvalue weighted by Crippen LogP contribution is 2.21. The molecular formula is C25H26FN3O5S. The number of hydrogen-bond acceptors (Lipinski definition) is 6. The summed E-state index contributed by atoms with van der Waals surface area (Å²) in [5.74, 6) is -1.88. The van der Waals surface area contributed by atoms with E-state index in [1.165, 1.54) is 19.2 Å². The van der Waals surface area contributed by atoms with Crippen molar-refractivity contribution in [2.24, 2.45) is 0 Å². The fraction of sp³-hybridized carbons (Fsp3) is 0.240. The van der Waals surface area contributed by atoms with E-state index >= 15 is 0 Å². The van der Waals surface area contributed by atoms with Crippen molar-refractivity contribution in [1.82, 2.24) is 14.9 Å². The molecule has 1 aromatic heterocycles. The molecule has 1 atom stereocenters. The zero-order valence-corrected chi connectivity index (χ0v) is 20.2. The van der Waals surface area contributed by atoms with Gasteiger partial charge in [0, 0.05) is 30.8 Å². The fourth-order valence-electron chi connectivity index (χ4n) is 3.40. The van der Waals surface area contributed by atoms with Crippen LogP contribution in [-0.4, -0.2) is 55.0 Å². The minimum absolute atomic E-state index is 0.101. The van der Waals surface area contributed by atoms with E-state index in [1.807, 2.05) is 22.9 Å². The monoisotopic (exact) mass is 499 g/mol. The quantitative estimate of drug-likeness (QED) is 0.340. The number of sulfone groups is 1. The first-order valence-corrected chi connectivity index (χ1v) is 12.8. The van der Waals surface area contributed by atoms with Crippen LogP contribution in [0.5, 0.6) is 0 Å². The van der Waals surface area contributed by atoms with Crippen LogP contribution in [0.15, 0.2) is 67.3 Å². The van der Waals surface area contributed by atoms with Crippen LogP contribution in [0.2, 0.25) is 0 Å². The number of carbonyl (C=O) groups excluding carboxylic acids is 2. The summed E-state index contributed by atoms with van der Waals surface area (Å²) in [4.78, 5) is 29.0. The van der Waals surface area contributed by atoms with Gasteiger partial charge in [0.25, 0.3) is 5.91 Å². The number of amides is 1. The lowest BCUT2D eigenvalue weighted by atomic mass is 10.0. The number of carbonyl (C=O) groups is 2. The molecule has 3 rings (SSSR count). The predicted octanol–water partition coefficient (Wildman–Crippen LogP) is 2.97. The van der Waals surface area contributed by atoms with Crippen molar-refractivity contribution in [1.29, 1.82) is 0 Å². The van der Waals surface area contributed by atoms with Crippen LogP contribution < -0.4 is 5.32 Å². The molecule has 0 saturated heterocycles. The third-order valence-corrected chi connectivity index (χ3v) is 6.16. The lowest BCUT2D eigenvalue weighted by Gasteiger charge is -2.16. The second-order valence-electron chi connectivity index (χ2n) is 8.00. The Labute approximate surface area is 203 Å². The van der Waals surface area contributed by atoms with E-state index in [4.69, 9.17) is 4.74 Å². The van der Waals surface area contributed by atoms with Crippen molar-refractivity contribution in [3.05, 3.63) is 89.8 Å². The lowest BCUT2D eigenvalue weighted by molar-refractivity contribution is -0.142. The second kappa shape index (κ2) is 11.6. The smallest absolute Gasteiger partial charge is 0.328 e. The molecule has 0 fully saturated rings. The second-order valence-corrected chi connectivity index (χ2v) is 10.3. The molecule has 2 aromatic carbocycles. The molecule has 8 nitrogen and oxygen atoms in total. The van der Waals surface area contributed by atoms with Gasteiger partial charge in [0.1, 0.15) is 21.7 Å². The van der Waals surface area contributed by atoms with Crippen LogP contribution in [0.25, 0.3) is 11.6 Å². The molecule has 0 spiro atoms. The van der Waals surface area contributed by atoms with E-state index in [0.29, 0.717) is 12.1 Å². The Kier molecular flexibility index (Phi) is 8.53. The number of nitrogens with one attached hydrogen (secondary N) is 1. The summed E-state index contributed by atoms with van der Waals surface area (Å²) >= 11 is 0. The topological polar surface area (TPSA) is 107 Å². The molecule has 0 bridgehead atoms. The van der Waals surface area contributed by atoms with E-state index in [1.54, 1.807) is 42.9 Å². The summed E-state index contributed by atoms with van der Waals surface area (Å²) in [5.41, 5.74) is 2.67. The van der Waals surface area contributed by atoms with Gasteiger partial charge in [0.05, 0.1) is 19.2 Å². The Morgan fingerprint density at radius 1 is 1.17 bits per heavy atom. The van der Waals surface area contributed by atoms with Crippen LogP contribution >= 0.6 is 0 Å². The average molecular weight is 500 g/mol. The molecule has 3 aromatic rings. The molecule has 0 aliphatic heterocycles. The Bertz CT molecular complexity index is 1300. The SMILES string of the molecule is COC(=O)[C@H](CCS(C)(=O)=O)NC(=O)c1cccc(C=C(Cn2ccnc2)c2ccc(F)cc2)c1. The Balaban J connectivity index is 1.86. The number of aromatic nitrogens is 2. The van der Waals surface area contributed by atoms with E-state index in [9.17, 15) is 22.4 Å². The van der Waals surface area contributed by atoms with E-state index < -0.39 is 27.8 Å². The van der Waals surface area contributed by atoms with E-state index in [0.717, 1.165) is 17.4 Å². The predicted molar refractivity (Wildman–Crippen MR) is 131 cm³/mol. The van der Waals surface area contributed by atoms with Crippen molar-refractivity contribution < 1.29 is 27.1 Å². The van der Waals surface area contributed by atoms with Gasteiger partial charge in [-0.25, -0.2) is 22.6 Å². The average Bonchev–Trinajstić information content (AvgIpc) is 3.34. The molecule has 1 N–H and O–H groups in total. The van der Waals surface area contributed by atoms with Crippen molar-refractivity contribution >= 4 is 33.4 Å². The number of hydrogen-bond donors (Lipinski definition) is 1. The van der Waals surface area contributed by atoms with Crippen molar-refractivity contribution in [3.8, 4) is 0 Å². The zero-order valence-electron chi connectivity index (χ0n) is 19.3. The van der Waals surface area contributed by atoms with E-state index in [2.05, 4.69) is 10.3 Å². The standard InChI is InChI=1S/C25H26FN3O5S/c1-34-25(31)23(10-13-35(2,32)33)28-24(30)20-5-3-4-18(14-20)15-21(16-29-12-11-27-17-29)19-6-8-22(26)9-7-19/h3-9,11-12,14-15,17,23H,10,13,16H2,1-2H3,(H,28,30)/t23-/m0/s1. The number of methoxy groups -OCH3 is 1. The first-order chi connectivity index (χ1) is 16.6. The number of nitrogens with zero attached hydrogens (tertiary/aromatic N) is 2. The molecule has 0 saturated carbocycles. The molecular weight excluding hydrogens is 473 g/mol. The summed E-state index contributed by atoms with van der Waals surface area (Å²) in [5, 5.41) is 2.56. The largest absolute Gasteiger partial charge is 0.467 e. The maximum atomic E-state index is 13.5. The number of imidazole rings is 1. The first kappa shape index (κ1) is 25.8. The summed E-state index contributed by atoms with van der Waals surface area (Å²) < 4.78 is 43.0. The molecule has 184 valence electrons. The van der Waals surface area contributed by atoms with Gasteiger partial charge in [-0.3, -0.25) is 4.79 Å². The van der Waals surface area contributed by atoms with Gasteiger partial charge in [-0.15, -0.1) is 0 Å². The minimum Gasteiger partial charge on any atom is -0.467 e. The Morgan fingerprint density at radius 3 is 2.54 bits per heavy atom. The summed E-state index contributed by atoms with van der Waals surface area (Å²) in [7, 11) is -2.16. The maximum Gasteiger partial charge on any atom is 0.328 e. The van der Waals surface area contributed by atoms with E-state index in [-0.39, 0.29) is 23.6 Å². The van der Waals surface area contributed by atoms with Crippen molar-refractivity contribution in [2.45, 2.75) is 19.0 Å². The normalized spacial score (nSPS) is 12.7. The highest BCUT2D eigenvalue weighted by atomic mass is 32.2. The summed E-state index contributed by atoms with van der Waals surface area (Å²) in [6.45, 7) is 0.470. The summed E-state index contributed by atoms with van der Waals surface area (Å²) in [6.07, 6.45) is 7.98. The Hall–Kier alpha value is -3.79. The van der Waals surface area contributed by atoms with Crippen molar-refractivity contribution in [2.75, 3.05) is 19.1 Å². The van der Waals surface area contributed by atoms with Gasteiger partial charge in [0.2, 0.25) is 0 Å². The van der Waals surface area contributed by atoms with Crippen LogP contribution in [0.1, 0.15) is 27.9 Å². The number of allylic oxidation sites excluding steroid dienone is 1. The van der Waals surface area contributed by atoms with Gasteiger partial charge < -0.3 is 14.6 Å².